The molecule has 0 N–H and O–H groups in total. The molecule has 0 aromatic heterocycles. The number of nitrogens with zero attached hydrogens (tertiary/aromatic N) is 8. The van der Waals surface area contributed by atoms with Crippen molar-refractivity contribution in [2.24, 2.45) is 0 Å². The molecule has 0 radical (unpaired) electrons. The summed E-state index contributed by atoms with van der Waals surface area (Å²) in [4.78, 5) is 0. The van der Waals surface area contributed by atoms with E-state index in [1.54, 1.807) is 33.4 Å². The van der Waals surface area contributed by atoms with Gasteiger partial charge in [-0.1, -0.05) is 13.8 Å². The molecule has 8 heteroatoms. The molecular weight excluding hydrogens is 617 g/mol. The van der Waals surface area contributed by atoms with Crippen LogP contribution in [0.15, 0.2) is 0 Å². The molecule has 0 heterocycles. The Morgan fingerprint density at radius 2 is 0.400 bits per heavy atom. The van der Waals surface area contributed by atoms with E-state index in [1.165, 1.54) is 52.4 Å². The minimum absolute atomic E-state index is 1.01. The molecule has 50 heavy (non-hydrogen) atoms. The van der Waals surface area contributed by atoms with Gasteiger partial charge >= 0.3 is 0 Å². The third kappa shape index (κ3) is 17.6. The van der Waals surface area contributed by atoms with Gasteiger partial charge in [-0.15, -0.1) is 0 Å². The molecule has 0 spiro atoms. The summed E-state index contributed by atoms with van der Waals surface area (Å²) in [5.74, 6) is 0. The highest BCUT2D eigenvalue weighted by atomic mass is 15.4. The first-order valence-corrected chi connectivity index (χ1v) is 19.8. The molecule has 294 valence electrons. The van der Waals surface area contributed by atoms with Crippen molar-refractivity contribution in [1.82, 2.24) is 0 Å². The first kappa shape index (κ1) is 46.9. The van der Waals surface area contributed by atoms with Crippen LogP contribution in [-0.2, 0) is 39.0 Å². The first-order valence-electron chi connectivity index (χ1n) is 19.8. The van der Waals surface area contributed by atoms with Gasteiger partial charge in [0.2, 0.25) is 0 Å². The Balaban J connectivity index is 4.23. The smallest absolute Gasteiger partial charge is 0.128 e. The van der Waals surface area contributed by atoms with Crippen LogP contribution in [0.5, 0.6) is 0 Å². The van der Waals surface area contributed by atoms with Crippen LogP contribution in [0.1, 0.15) is 47.2 Å². The van der Waals surface area contributed by atoms with Crippen LogP contribution in [0.3, 0.4) is 0 Å². The normalized spacial score (nSPS) is 14.5. The van der Waals surface area contributed by atoms with Gasteiger partial charge in [0.25, 0.3) is 0 Å². The van der Waals surface area contributed by atoms with Gasteiger partial charge in [-0.05, 0) is 24.0 Å². The number of rotatable bonds is 22. The summed E-state index contributed by atoms with van der Waals surface area (Å²) >= 11 is 0. The molecule has 1 rings (SSSR count). The van der Waals surface area contributed by atoms with Gasteiger partial charge in [0, 0.05) is 22.3 Å². The fourth-order valence-electron chi connectivity index (χ4n) is 7.02. The summed E-state index contributed by atoms with van der Waals surface area (Å²) in [5, 5.41) is 0. The third-order valence-electron chi connectivity index (χ3n) is 10.7. The van der Waals surface area contributed by atoms with Gasteiger partial charge in [-0.3, -0.25) is 0 Å². The number of hydrogen-bond acceptors (Lipinski definition) is 0. The molecule has 0 fully saturated rings. The molecule has 8 nitrogen and oxygen atoms in total. The quantitative estimate of drug-likeness (QED) is 0.160. The van der Waals surface area contributed by atoms with Gasteiger partial charge in [0.05, 0.1) is 141 Å². The molecule has 0 bridgehead atoms. The van der Waals surface area contributed by atoms with Gasteiger partial charge in [-0.2, -0.15) is 0 Å². The summed E-state index contributed by atoms with van der Waals surface area (Å²) < 4.78 is 8.12. The second-order valence-electron chi connectivity index (χ2n) is 22.9. The average molecular weight is 711 g/mol. The maximum absolute atomic E-state index is 2.49. The second-order valence-corrected chi connectivity index (χ2v) is 22.9. The highest BCUT2D eigenvalue weighted by Gasteiger charge is 2.36. The van der Waals surface area contributed by atoms with Crippen molar-refractivity contribution < 1.29 is 35.9 Å². The highest BCUT2D eigenvalue weighted by Crippen LogP contribution is 2.36. The summed E-state index contributed by atoms with van der Waals surface area (Å²) in [6.45, 7) is 18.7. The fourth-order valence-corrected chi connectivity index (χ4v) is 7.02. The lowest BCUT2D eigenvalue weighted by molar-refractivity contribution is -0.947. The molecule has 1 aromatic rings. The fraction of sp³-hybridized carbons (Fsp3) is 0.857. The number of hydrogen-bond donors (Lipinski definition) is 0. The Bertz CT molecular complexity index is 1030. The first-order chi connectivity index (χ1) is 22.1. The maximum atomic E-state index is 2.49. The number of benzene rings is 1. The zero-order valence-corrected chi connectivity index (χ0v) is 38.5. The molecule has 1 aromatic carbocycles. The standard InChI is InChI=1S/C42H94N8/c1-23-37-39(33-47(15,16)29-25-43(3,4)5)41(35-49(19,20)31-27-45(9,10)11)38(24-2)42(36-50(21,22)32-28-46(12,13)14)40(37)34-48(17,18)30-26-44(6,7)8/h23-36H2,1-22H3/q+8. The molecule has 0 saturated heterocycles. The van der Waals surface area contributed by atoms with Crippen LogP contribution in [0, 0.1) is 0 Å². The lowest BCUT2D eigenvalue weighted by Crippen LogP contribution is -2.51. The predicted octanol–water partition coefficient (Wildman–Crippen LogP) is 3.94. The molecule has 0 atom stereocenters. The lowest BCUT2D eigenvalue weighted by atomic mass is 9.82. The van der Waals surface area contributed by atoms with Gasteiger partial charge in [-0.25, -0.2) is 0 Å². The van der Waals surface area contributed by atoms with Gasteiger partial charge in [0.15, 0.2) is 0 Å². The van der Waals surface area contributed by atoms with Crippen molar-refractivity contribution in [3.05, 3.63) is 33.4 Å². The third-order valence-corrected chi connectivity index (χ3v) is 10.7. The van der Waals surface area contributed by atoms with E-state index in [2.05, 4.69) is 155 Å². The zero-order valence-electron chi connectivity index (χ0n) is 38.5. The van der Waals surface area contributed by atoms with E-state index < -0.39 is 0 Å². The number of likely N-dealkylation sites (N-methyl/N-ethyl adjacent to an activating group) is 8. The predicted molar refractivity (Wildman–Crippen MR) is 220 cm³/mol. The van der Waals surface area contributed by atoms with E-state index in [9.17, 15) is 0 Å². The van der Waals surface area contributed by atoms with Crippen LogP contribution in [0.2, 0.25) is 0 Å². The molecule has 0 aliphatic rings. The Kier molecular flexibility index (Phi) is 15.9. The van der Waals surface area contributed by atoms with Crippen molar-refractivity contribution in [2.45, 2.75) is 52.9 Å². The highest BCUT2D eigenvalue weighted by molar-refractivity contribution is 5.52. The van der Waals surface area contributed by atoms with Crippen LogP contribution in [0.25, 0.3) is 0 Å². The molecule has 0 aliphatic carbocycles. The Hall–Kier alpha value is -1.10. The minimum Gasteiger partial charge on any atom is -0.326 e. The maximum Gasteiger partial charge on any atom is 0.128 e. The van der Waals surface area contributed by atoms with Crippen LogP contribution >= 0.6 is 0 Å². The summed E-state index contributed by atoms with van der Waals surface area (Å²) in [6.07, 6.45) is 2.19. The van der Waals surface area contributed by atoms with Crippen molar-refractivity contribution in [3.63, 3.8) is 0 Å². The Labute approximate surface area is 314 Å². The minimum atomic E-state index is 1.01. The second kappa shape index (κ2) is 16.9. The molecule has 0 amide bonds. The van der Waals surface area contributed by atoms with Crippen LogP contribution in [-0.4, -0.2) is 229 Å². The van der Waals surface area contributed by atoms with Crippen molar-refractivity contribution >= 4 is 0 Å². The molecule has 0 unspecified atom stereocenters. The SMILES string of the molecule is CCc1c(C[N+](C)(C)CC[N+](C)(C)C)c(C[N+](C)(C)CC[N+](C)(C)C)c(CC)c(C[N+](C)(C)CC[N+](C)(C)C)c1C[N+](C)(C)CC[N+](C)(C)C. The largest absolute Gasteiger partial charge is 0.326 e. The number of quaternary nitrogens is 8. The Morgan fingerprint density at radius 1 is 0.240 bits per heavy atom. The van der Waals surface area contributed by atoms with Crippen molar-refractivity contribution in [1.29, 1.82) is 0 Å². The van der Waals surface area contributed by atoms with E-state index in [0.717, 1.165) is 74.9 Å². The summed E-state index contributed by atoms with van der Waals surface area (Å²) in [6, 6.07) is 0. The average Bonchev–Trinajstić information content (AvgIpc) is 2.89. The molecule has 0 saturated carbocycles. The van der Waals surface area contributed by atoms with E-state index in [-0.39, 0.29) is 0 Å². The van der Waals surface area contributed by atoms with E-state index in [1.807, 2.05) is 0 Å². The van der Waals surface area contributed by atoms with Crippen molar-refractivity contribution in [3.8, 4) is 0 Å². The van der Waals surface area contributed by atoms with E-state index >= 15 is 0 Å². The van der Waals surface area contributed by atoms with E-state index in [4.69, 9.17) is 0 Å². The summed E-state index contributed by atoms with van der Waals surface area (Å²) in [7, 11) is 48.0. The van der Waals surface area contributed by atoms with Crippen LogP contribution in [0.4, 0.5) is 0 Å². The van der Waals surface area contributed by atoms with E-state index in [0.29, 0.717) is 0 Å². The monoisotopic (exact) mass is 711 g/mol. The Morgan fingerprint density at radius 3 is 0.520 bits per heavy atom. The van der Waals surface area contributed by atoms with Crippen molar-refractivity contribution in [2.75, 3.05) is 193 Å². The zero-order chi connectivity index (χ0) is 39.4. The molecule has 0 aliphatic heterocycles. The van der Waals surface area contributed by atoms with Gasteiger partial charge < -0.3 is 35.9 Å². The lowest BCUT2D eigenvalue weighted by Gasteiger charge is -2.40. The molecular formula is C42H94N8+8. The van der Waals surface area contributed by atoms with Crippen LogP contribution < -0.4 is 0 Å². The summed E-state index contributed by atoms with van der Waals surface area (Å²) in [5.41, 5.74) is 10.0. The topological polar surface area (TPSA) is 0 Å². The van der Waals surface area contributed by atoms with Gasteiger partial charge in [0.1, 0.15) is 78.5 Å².